The number of anilines is 1. The van der Waals surface area contributed by atoms with Crippen molar-refractivity contribution >= 4 is 38.4 Å². The number of fused-ring (bicyclic) bond motifs is 1. The normalized spacial score (nSPS) is 23.9. The lowest BCUT2D eigenvalue weighted by molar-refractivity contribution is -0.117. The number of amidine groups is 1. The third-order valence-electron chi connectivity index (χ3n) is 5.54. The lowest BCUT2D eigenvalue weighted by atomic mass is 9.99. The summed E-state index contributed by atoms with van der Waals surface area (Å²) in [5, 5.41) is 0.520. The first-order valence-electron chi connectivity index (χ1n) is 10.2. The van der Waals surface area contributed by atoms with Gasteiger partial charge in [-0.05, 0) is 30.0 Å². The van der Waals surface area contributed by atoms with Crippen molar-refractivity contribution in [1.29, 1.82) is 0 Å². The molecule has 2 aliphatic heterocycles. The standard InChI is InChI=1S/C23H26N2O3S2/c1-15(2)18-9-4-5-10-19(18)25-20-13-30(27,28)14-21(20)29-23(25)24-22(26)12-17-8-6-7-16(3)11-17/h4-11,15,20-21H,12-14H2,1-3H3/t20-,21+/m1/s1. The zero-order chi connectivity index (χ0) is 21.5. The predicted octanol–water partition coefficient (Wildman–Crippen LogP) is 3.96. The predicted molar refractivity (Wildman–Crippen MR) is 124 cm³/mol. The summed E-state index contributed by atoms with van der Waals surface area (Å²) in [5.74, 6) is 0.293. The summed E-state index contributed by atoms with van der Waals surface area (Å²) < 4.78 is 24.6. The quantitative estimate of drug-likeness (QED) is 0.717. The zero-order valence-corrected chi connectivity index (χ0v) is 19.0. The van der Waals surface area contributed by atoms with E-state index in [9.17, 15) is 13.2 Å². The summed E-state index contributed by atoms with van der Waals surface area (Å²) in [4.78, 5) is 19.2. The minimum Gasteiger partial charge on any atom is -0.315 e. The van der Waals surface area contributed by atoms with Crippen LogP contribution in [0.1, 0.15) is 36.5 Å². The van der Waals surface area contributed by atoms with E-state index in [1.54, 1.807) is 0 Å². The monoisotopic (exact) mass is 442 g/mol. The van der Waals surface area contributed by atoms with Crippen LogP contribution in [0.3, 0.4) is 0 Å². The van der Waals surface area contributed by atoms with E-state index in [1.165, 1.54) is 11.8 Å². The van der Waals surface area contributed by atoms with Gasteiger partial charge in [0, 0.05) is 10.9 Å². The lowest BCUT2D eigenvalue weighted by Gasteiger charge is -2.28. The molecule has 4 rings (SSSR count). The summed E-state index contributed by atoms with van der Waals surface area (Å²) in [6, 6.07) is 15.7. The van der Waals surface area contributed by atoms with E-state index < -0.39 is 9.84 Å². The zero-order valence-electron chi connectivity index (χ0n) is 17.4. The Bertz CT molecular complexity index is 1110. The summed E-state index contributed by atoms with van der Waals surface area (Å²) in [6.07, 6.45) is 0.235. The van der Waals surface area contributed by atoms with Gasteiger partial charge in [0.25, 0.3) is 5.91 Å². The second-order valence-corrected chi connectivity index (χ2v) is 11.7. The van der Waals surface area contributed by atoms with E-state index >= 15 is 0 Å². The molecule has 2 heterocycles. The highest BCUT2D eigenvalue weighted by atomic mass is 32.2. The van der Waals surface area contributed by atoms with Crippen LogP contribution in [0, 0.1) is 6.92 Å². The highest BCUT2D eigenvalue weighted by Gasteiger charge is 2.49. The molecule has 2 fully saturated rings. The summed E-state index contributed by atoms with van der Waals surface area (Å²) in [6.45, 7) is 6.23. The Morgan fingerprint density at radius 2 is 1.93 bits per heavy atom. The van der Waals surface area contributed by atoms with Gasteiger partial charge in [-0.3, -0.25) is 4.79 Å². The van der Waals surface area contributed by atoms with Crippen LogP contribution in [0.15, 0.2) is 53.5 Å². The van der Waals surface area contributed by atoms with E-state index in [1.807, 2.05) is 54.3 Å². The van der Waals surface area contributed by atoms with E-state index in [2.05, 4.69) is 24.9 Å². The SMILES string of the molecule is Cc1cccc(CC(=O)N=C2S[C@H]3CS(=O)(=O)C[C@H]3N2c2ccccc2C(C)C)c1. The Balaban J connectivity index is 1.70. The fourth-order valence-electron chi connectivity index (χ4n) is 4.18. The van der Waals surface area contributed by atoms with Gasteiger partial charge in [-0.15, -0.1) is 0 Å². The van der Waals surface area contributed by atoms with Crippen LogP contribution >= 0.6 is 11.8 Å². The van der Waals surface area contributed by atoms with Crippen molar-refractivity contribution in [3.05, 3.63) is 65.2 Å². The second-order valence-electron chi connectivity index (χ2n) is 8.34. The molecule has 158 valence electrons. The van der Waals surface area contributed by atoms with Crippen LogP contribution in [-0.2, 0) is 21.1 Å². The van der Waals surface area contributed by atoms with Gasteiger partial charge < -0.3 is 4.90 Å². The maximum absolute atomic E-state index is 12.8. The first kappa shape index (κ1) is 21.1. The Morgan fingerprint density at radius 1 is 1.17 bits per heavy atom. The number of amides is 1. The number of rotatable bonds is 4. The number of benzene rings is 2. The number of para-hydroxylation sites is 1. The molecule has 0 spiro atoms. The number of aryl methyl sites for hydroxylation is 1. The molecule has 2 aromatic carbocycles. The van der Waals surface area contributed by atoms with Crippen LogP contribution in [0.25, 0.3) is 0 Å². The minimum atomic E-state index is -3.09. The van der Waals surface area contributed by atoms with Gasteiger partial charge in [-0.25, -0.2) is 8.42 Å². The van der Waals surface area contributed by atoms with Gasteiger partial charge in [-0.1, -0.05) is 73.6 Å². The van der Waals surface area contributed by atoms with Crippen molar-refractivity contribution in [2.75, 3.05) is 16.4 Å². The number of thioether (sulfide) groups is 1. The summed E-state index contributed by atoms with van der Waals surface area (Å²) in [5.41, 5.74) is 4.12. The van der Waals surface area contributed by atoms with Crippen molar-refractivity contribution in [2.24, 2.45) is 4.99 Å². The Kier molecular flexibility index (Phi) is 5.77. The van der Waals surface area contributed by atoms with Crippen LogP contribution in [-0.4, -0.2) is 42.3 Å². The Labute approximate surface area is 182 Å². The van der Waals surface area contributed by atoms with E-state index in [-0.39, 0.29) is 41.0 Å². The molecule has 30 heavy (non-hydrogen) atoms. The average Bonchev–Trinajstić information content (AvgIpc) is 3.12. The molecule has 1 amide bonds. The molecule has 2 saturated heterocycles. The molecule has 0 N–H and O–H groups in total. The number of hydrogen-bond acceptors (Lipinski definition) is 4. The minimum absolute atomic E-state index is 0.0965. The van der Waals surface area contributed by atoms with Crippen LogP contribution < -0.4 is 4.90 Å². The van der Waals surface area contributed by atoms with Gasteiger partial charge in [0.2, 0.25) is 0 Å². The second kappa shape index (κ2) is 8.19. The Morgan fingerprint density at radius 3 is 2.67 bits per heavy atom. The van der Waals surface area contributed by atoms with Gasteiger partial charge >= 0.3 is 0 Å². The fraction of sp³-hybridized carbons (Fsp3) is 0.391. The van der Waals surface area contributed by atoms with E-state index in [0.717, 1.165) is 22.4 Å². The third kappa shape index (κ3) is 4.32. The summed E-state index contributed by atoms with van der Waals surface area (Å²) >= 11 is 1.42. The number of aliphatic imine (C=N–C) groups is 1. The van der Waals surface area contributed by atoms with E-state index in [4.69, 9.17) is 0 Å². The molecule has 7 heteroatoms. The maximum Gasteiger partial charge on any atom is 0.252 e. The van der Waals surface area contributed by atoms with Gasteiger partial charge in [0.15, 0.2) is 15.0 Å². The molecular formula is C23H26N2O3S2. The van der Waals surface area contributed by atoms with Crippen molar-refractivity contribution in [3.63, 3.8) is 0 Å². The number of carbonyl (C=O) groups is 1. The van der Waals surface area contributed by atoms with Gasteiger partial charge in [0.05, 0.1) is 24.0 Å². The van der Waals surface area contributed by atoms with Crippen LogP contribution in [0.4, 0.5) is 5.69 Å². The molecular weight excluding hydrogens is 416 g/mol. The molecule has 0 aliphatic carbocycles. The van der Waals surface area contributed by atoms with Crippen LogP contribution in [0.2, 0.25) is 0 Å². The number of hydrogen-bond donors (Lipinski definition) is 0. The molecule has 2 atom stereocenters. The molecule has 0 unspecified atom stereocenters. The third-order valence-corrected chi connectivity index (χ3v) is 8.75. The van der Waals surface area contributed by atoms with Crippen molar-refractivity contribution in [1.82, 2.24) is 0 Å². The van der Waals surface area contributed by atoms with Crippen molar-refractivity contribution in [3.8, 4) is 0 Å². The summed E-state index contributed by atoms with van der Waals surface area (Å²) in [7, 11) is -3.09. The van der Waals surface area contributed by atoms with Crippen LogP contribution in [0.5, 0.6) is 0 Å². The smallest absolute Gasteiger partial charge is 0.252 e. The lowest BCUT2D eigenvalue weighted by Crippen LogP contribution is -2.38. The highest BCUT2D eigenvalue weighted by molar-refractivity contribution is 8.16. The van der Waals surface area contributed by atoms with Crippen molar-refractivity contribution in [2.45, 2.75) is 44.4 Å². The number of nitrogens with zero attached hydrogens (tertiary/aromatic N) is 2. The molecule has 2 aromatic rings. The molecule has 0 bridgehead atoms. The largest absolute Gasteiger partial charge is 0.315 e. The maximum atomic E-state index is 12.8. The molecule has 0 aromatic heterocycles. The van der Waals surface area contributed by atoms with Gasteiger partial charge in [-0.2, -0.15) is 4.99 Å². The first-order valence-corrected chi connectivity index (χ1v) is 12.9. The average molecular weight is 443 g/mol. The number of sulfone groups is 1. The van der Waals surface area contributed by atoms with Crippen molar-refractivity contribution < 1.29 is 13.2 Å². The van der Waals surface area contributed by atoms with Gasteiger partial charge in [0.1, 0.15) is 0 Å². The fourth-order valence-corrected chi connectivity index (χ4v) is 8.11. The topological polar surface area (TPSA) is 66.8 Å². The van der Waals surface area contributed by atoms with E-state index in [0.29, 0.717) is 5.17 Å². The molecule has 2 aliphatic rings. The molecule has 0 saturated carbocycles. The first-order chi connectivity index (χ1) is 14.2. The number of carbonyl (C=O) groups excluding carboxylic acids is 1. The molecule has 5 nitrogen and oxygen atoms in total. The highest BCUT2D eigenvalue weighted by Crippen LogP contribution is 2.43. The molecule has 0 radical (unpaired) electrons. The Hall–Kier alpha value is -2.12.